The van der Waals surface area contributed by atoms with Crippen molar-refractivity contribution >= 4 is 35.1 Å². The number of nitrogens with one attached hydrogen (secondary N) is 1. The van der Waals surface area contributed by atoms with Crippen LogP contribution < -0.4 is 5.32 Å². The zero-order chi connectivity index (χ0) is 17.1. The van der Waals surface area contributed by atoms with E-state index in [1.165, 1.54) is 11.8 Å². The average Bonchev–Trinajstić information content (AvgIpc) is 3.17. The Hall–Kier alpha value is -2.32. The number of nitrogens with zero attached hydrogens (tertiary/aromatic N) is 4. The van der Waals surface area contributed by atoms with E-state index >= 15 is 0 Å². The minimum Gasteiger partial charge on any atom is -0.360 e. The minimum absolute atomic E-state index is 0.171. The number of benzene rings is 1. The van der Waals surface area contributed by atoms with Gasteiger partial charge < -0.3 is 9.84 Å². The van der Waals surface area contributed by atoms with Gasteiger partial charge in [0.2, 0.25) is 5.91 Å². The average molecular weight is 364 g/mol. The lowest BCUT2D eigenvalue weighted by atomic mass is 10.2. The van der Waals surface area contributed by atoms with Crippen molar-refractivity contribution in [3.63, 3.8) is 0 Å². The van der Waals surface area contributed by atoms with E-state index < -0.39 is 0 Å². The molecule has 0 unspecified atom stereocenters. The first kappa shape index (κ1) is 16.5. The topological polar surface area (TPSA) is 85.8 Å². The van der Waals surface area contributed by atoms with Gasteiger partial charge in [-0.1, -0.05) is 34.6 Å². The lowest BCUT2D eigenvalue weighted by Crippen LogP contribution is -2.14. The molecule has 0 bridgehead atoms. The molecular formula is C15H14ClN5O2S. The maximum atomic E-state index is 12.0. The van der Waals surface area contributed by atoms with Crippen molar-refractivity contribution < 1.29 is 9.32 Å². The van der Waals surface area contributed by atoms with Gasteiger partial charge >= 0.3 is 0 Å². The van der Waals surface area contributed by atoms with Crippen molar-refractivity contribution in [3.8, 4) is 5.69 Å². The van der Waals surface area contributed by atoms with E-state index in [0.29, 0.717) is 21.8 Å². The van der Waals surface area contributed by atoms with Gasteiger partial charge in [0.15, 0.2) is 11.0 Å². The highest BCUT2D eigenvalue weighted by Crippen LogP contribution is 2.23. The molecule has 0 radical (unpaired) electrons. The number of hydrogen-bond donors (Lipinski definition) is 1. The van der Waals surface area contributed by atoms with Crippen molar-refractivity contribution in [2.45, 2.75) is 19.0 Å². The number of carbonyl (C=O) groups is 1. The molecule has 0 aliphatic carbocycles. The molecule has 9 heteroatoms. The number of thioether (sulfide) groups is 1. The molecule has 3 rings (SSSR count). The summed E-state index contributed by atoms with van der Waals surface area (Å²) < 4.78 is 6.68. The first-order valence-corrected chi connectivity index (χ1v) is 8.42. The number of halogens is 1. The lowest BCUT2D eigenvalue weighted by molar-refractivity contribution is -0.113. The Balaban J connectivity index is 1.67. The minimum atomic E-state index is -0.204. The van der Waals surface area contributed by atoms with Crippen LogP contribution in [0.3, 0.4) is 0 Å². The van der Waals surface area contributed by atoms with Gasteiger partial charge in [0.25, 0.3) is 0 Å². The molecule has 7 nitrogen and oxygen atoms in total. The molecule has 1 aromatic carbocycles. The SMILES string of the molecule is Cc1cc(NC(=O)CSc2nncn2-c2ccc(C)c(Cl)c2)no1. The number of aromatic nitrogens is 4. The predicted octanol–water partition coefficient (Wildman–Crippen LogP) is 3.26. The molecule has 0 aliphatic rings. The second-order valence-corrected chi connectivity index (χ2v) is 6.43. The van der Waals surface area contributed by atoms with Gasteiger partial charge in [-0.05, 0) is 31.5 Å². The van der Waals surface area contributed by atoms with Crippen LogP contribution in [0.1, 0.15) is 11.3 Å². The fourth-order valence-electron chi connectivity index (χ4n) is 1.97. The molecule has 0 saturated heterocycles. The van der Waals surface area contributed by atoms with Crippen LogP contribution in [0.4, 0.5) is 5.82 Å². The van der Waals surface area contributed by atoms with E-state index in [1.807, 2.05) is 25.1 Å². The van der Waals surface area contributed by atoms with Gasteiger partial charge in [-0.15, -0.1) is 10.2 Å². The van der Waals surface area contributed by atoms with E-state index in [2.05, 4.69) is 20.7 Å². The standard InChI is InChI=1S/C15H14ClN5O2S/c1-9-3-4-11(6-12(9)16)21-8-17-19-15(21)24-7-14(22)18-13-5-10(2)23-20-13/h3-6,8H,7H2,1-2H3,(H,18,20,22). The molecule has 0 fully saturated rings. The van der Waals surface area contributed by atoms with E-state index in [0.717, 1.165) is 11.3 Å². The third kappa shape index (κ3) is 3.77. The summed E-state index contributed by atoms with van der Waals surface area (Å²) in [5.41, 5.74) is 1.83. The predicted molar refractivity (Wildman–Crippen MR) is 91.7 cm³/mol. The van der Waals surface area contributed by atoms with Crippen molar-refractivity contribution in [3.05, 3.63) is 46.9 Å². The fraction of sp³-hybridized carbons (Fsp3) is 0.200. The molecule has 0 aliphatic heterocycles. The molecule has 1 amide bonds. The third-order valence-corrected chi connectivity index (χ3v) is 4.53. The highest BCUT2D eigenvalue weighted by molar-refractivity contribution is 7.99. The number of rotatable bonds is 5. The second-order valence-electron chi connectivity index (χ2n) is 5.08. The summed E-state index contributed by atoms with van der Waals surface area (Å²) in [5.74, 6) is 0.994. The van der Waals surface area contributed by atoms with E-state index in [9.17, 15) is 4.79 Å². The summed E-state index contributed by atoms with van der Waals surface area (Å²) in [6.45, 7) is 3.69. The number of amides is 1. The highest BCUT2D eigenvalue weighted by Gasteiger charge is 2.12. The van der Waals surface area contributed by atoms with Crippen molar-refractivity contribution in [1.82, 2.24) is 19.9 Å². The van der Waals surface area contributed by atoms with Crippen LogP contribution in [0.2, 0.25) is 5.02 Å². The van der Waals surface area contributed by atoms with Gasteiger partial charge in [0, 0.05) is 11.1 Å². The van der Waals surface area contributed by atoms with Crippen molar-refractivity contribution in [2.24, 2.45) is 0 Å². The Bertz CT molecular complexity index is 876. The maximum Gasteiger partial charge on any atom is 0.236 e. The van der Waals surface area contributed by atoms with E-state index in [-0.39, 0.29) is 11.7 Å². The number of carbonyl (C=O) groups excluding carboxylic acids is 1. The monoisotopic (exact) mass is 363 g/mol. The summed E-state index contributed by atoms with van der Waals surface area (Å²) in [6.07, 6.45) is 1.59. The van der Waals surface area contributed by atoms with Crippen LogP contribution in [0, 0.1) is 13.8 Å². The summed E-state index contributed by atoms with van der Waals surface area (Å²) in [6, 6.07) is 7.33. The molecular weight excluding hydrogens is 350 g/mol. The molecule has 0 spiro atoms. The molecule has 24 heavy (non-hydrogen) atoms. The number of hydrogen-bond acceptors (Lipinski definition) is 6. The van der Waals surface area contributed by atoms with Crippen LogP contribution in [0.15, 0.2) is 40.3 Å². The van der Waals surface area contributed by atoms with Gasteiger partial charge in [-0.3, -0.25) is 9.36 Å². The van der Waals surface area contributed by atoms with Gasteiger partial charge in [-0.2, -0.15) is 0 Å². The molecule has 1 N–H and O–H groups in total. The van der Waals surface area contributed by atoms with E-state index in [1.54, 1.807) is 23.9 Å². The zero-order valence-corrected chi connectivity index (χ0v) is 14.6. The number of aryl methyl sites for hydroxylation is 2. The van der Waals surface area contributed by atoms with Crippen LogP contribution in [-0.2, 0) is 4.79 Å². The quantitative estimate of drug-likeness (QED) is 0.700. The first-order chi connectivity index (χ1) is 11.5. The molecule has 3 aromatic rings. The zero-order valence-electron chi connectivity index (χ0n) is 13.0. The Kier molecular flexibility index (Phi) is 4.86. The molecule has 0 saturated carbocycles. The fourth-order valence-corrected chi connectivity index (χ4v) is 2.87. The summed E-state index contributed by atoms with van der Waals surface area (Å²) >= 11 is 7.43. The molecule has 0 atom stereocenters. The summed E-state index contributed by atoms with van der Waals surface area (Å²) in [4.78, 5) is 12.0. The molecule has 124 valence electrons. The Morgan fingerprint density at radius 2 is 2.21 bits per heavy atom. The largest absolute Gasteiger partial charge is 0.360 e. The van der Waals surface area contributed by atoms with Crippen LogP contribution in [-0.4, -0.2) is 31.6 Å². The Morgan fingerprint density at radius 1 is 1.38 bits per heavy atom. The van der Waals surface area contributed by atoms with Crippen LogP contribution in [0.25, 0.3) is 5.69 Å². The normalized spacial score (nSPS) is 10.8. The van der Waals surface area contributed by atoms with Crippen LogP contribution >= 0.6 is 23.4 Å². The molecule has 2 heterocycles. The third-order valence-electron chi connectivity index (χ3n) is 3.18. The smallest absolute Gasteiger partial charge is 0.236 e. The van der Waals surface area contributed by atoms with Crippen molar-refractivity contribution in [1.29, 1.82) is 0 Å². The Morgan fingerprint density at radius 3 is 2.92 bits per heavy atom. The summed E-state index contributed by atoms with van der Waals surface area (Å²) in [5, 5.41) is 15.6. The van der Waals surface area contributed by atoms with E-state index in [4.69, 9.17) is 16.1 Å². The molecule has 2 aromatic heterocycles. The van der Waals surface area contributed by atoms with Gasteiger partial charge in [-0.25, -0.2) is 0 Å². The van der Waals surface area contributed by atoms with Crippen LogP contribution in [0.5, 0.6) is 0 Å². The lowest BCUT2D eigenvalue weighted by Gasteiger charge is -2.07. The first-order valence-electron chi connectivity index (χ1n) is 7.05. The van der Waals surface area contributed by atoms with Crippen molar-refractivity contribution in [2.75, 3.05) is 11.1 Å². The maximum absolute atomic E-state index is 12.0. The second kappa shape index (κ2) is 7.06. The highest BCUT2D eigenvalue weighted by atomic mass is 35.5. The van der Waals surface area contributed by atoms with Gasteiger partial charge in [0.05, 0.1) is 11.4 Å². The summed E-state index contributed by atoms with van der Waals surface area (Å²) in [7, 11) is 0. The van der Waals surface area contributed by atoms with Gasteiger partial charge in [0.1, 0.15) is 12.1 Å². The number of anilines is 1. The Labute approximate surface area is 147 Å².